The summed E-state index contributed by atoms with van der Waals surface area (Å²) in [5.41, 5.74) is 6.53. The molecule has 0 unspecified atom stereocenters. The average molecular weight is 453 g/mol. The summed E-state index contributed by atoms with van der Waals surface area (Å²) in [6.07, 6.45) is 0. The van der Waals surface area contributed by atoms with Gasteiger partial charge in [-0.2, -0.15) is 4.57 Å². The molecule has 2 nitrogen and oxygen atoms in total. The highest BCUT2D eigenvalue weighted by atomic mass is 15.2. The largest absolute Gasteiger partial charge is 0.295 e. The fourth-order valence-corrected chi connectivity index (χ4v) is 5.14. The molecule has 2 heteroatoms. The molecule has 0 bridgehead atoms. The molecule has 172 valence electrons. The molecule has 34 heavy (non-hydrogen) atoms. The van der Waals surface area contributed by atoms with Gasteiger partial charge in [-0.1, -0.05) is 81.8 Å². The van der Waals surface area contributed by atoms with Crippen molar-refractivity contribution in [2.24, 2.45) is 7.05 Å². The normalized spacial score (nSPS) is 15.1. The van der Waals surface area contributed by atoms with Gasteiger partial charge in [0.05, 0.1) is 12.6 Å². The molecule has 4 aromatic carbocycles. The van der Waals surface area contributed by atoms with Crippen LogP contribution in [0.25, 0.3) is 38.9 Å². The van der Waals surface area contributed by atoms with E-state index >= 15 is 0 Å². The van der Waals surface area contributed by atoms with Crippen molar-refractivity contribution in [1.29, 1.82) is 0 Å². The van der Waals surface area contributed by atoms with Gasteiger partial charge in [0, 0.05) is 23.4 Å². The molecule has 0 fully saturated rings. The number of rotatable bonds is 4. The van der Waals surface area contributed by atoms with Gasteiger partial charge in [-0.25, -0.2) is 4.57 Å². The predicted octanol–water partition coefficient (Wildman–Crippen LogP) is 8.14. The summed E-state index contributed by atoms with van der Waals surface area (Å²) in [6.45, 7) is 7.27. The van der Waals surface area contributed by atoms with Crippen LogP contribution in [0.1, 0.15) is 68.6 Å². The van der Waals surface area contributed by atoms with Crippen molar-refractivity contribution in [2.45, 2.75) is 53.3 Å². The number of fused-ring (bicyclic) bond motifs is 3. The Morgan fingerprint density at radius 3 is 2.21 bits per heavy atom. The number of aryl methyl sites for hydroxylation is 3. The first-order valence-corrected chi connectivity index (χ1v) is 11.8. The fourth-order valence-electron chi connectivity index (χ4n) is 5.14. The Hall–Kier alpha value is -3.39. The van der Waals surface area contributed by atoms with Gasteiger partial charge in [0.25, 0.3) is 5.82 Å². The number of para-hydroxylation sites is 1. The molecule has 5 aromatic rings. The van der Waals surface area contributed by atoms with Gasteiger partial charge < -0.3 is 0 Å². The highest BCUT2D eigenvalue weighted by Crippen LogP contribution is 2.35. The second-order valence-corrected chi connectivity index (χ2v) is 9.60. The van der Waals surface area contributed by atoms with Crippen LogP contribution in [0.5, 0.6) is 0 Å². The van der Waals surface area contributed by atoms with E-state index in [1.54, 1.807) is 12.1 Å². The smallest absolute Gasteiger partial charge is 0.225 e. The van der Waals surface area contributed by atoms with Crippen molar-refractivity contribution in [1.82, 2.24) is 4.57 Å². The summed E-state index contributed by atoms with van der Waals surface area (Å²) < 4.78 is 46.3. The van der Waals surface area contributed by atoms with E-state index in [-0.39, 0.29) is 0 Å². The molecular formula is C32H35N2+. The van der Waals surface area contributed by atoms with E-state index in [1.807, 2.05) is 78.1 Å². The van der Waals surface area contributed by atoms with Crippen LogP contribution in [0, 0.1) is 13.8 Å². The molecule has 5 rings (SSSR count). The highest BCUT2D eigenvalue weighted by molar-refractivity contribution is 6.03. The zero-order chi connectivity index (χ0) is 28.5. The molecule has 0 radical (unpaired) electrons. The minimum atomic E-state index is -2.20. The van der Waals surface area contributed by atoms with Crippen LogP contribution in [0.2, 0.25) is 0 Å². The lowest BCUT2D eigenvalue weighted by Crippen LogP contribution is -2.36. The van der Waals surface area contributed by atoms with Crippen molar-refractivity contribution in [3.8, 4) is 17.1 Å². The molecule has 0 N–H and O–H groups in total. The van der Waals surface area contributed by atoms with Gasteiger partial charge in [0.1, 0.15) is 5.69 Å². The van der Waals surface area contributed by atoms with E-state index in [0.29, 0.717) is 5.56 Å². The Bertz CT molecular complexity index is 1700. The number of benzene rings is 4. The third kappa shape index (κ3) is 3.44. The minimum Gasteiger partial charge on any atom is -0.225 e. The molecule has 0 atom stereocenters. The third-order valence-corrected chi connectivity index (χ3v) is 6.80. The lowest BCUT2D eigenvalue weighted by atomic mass is 9.92. The van der Waals surface area contributed by atoms with Gasteiger partial charge in [-0.15, -0.1) is 0 Å². The maximum absolute atomic E-state index is 9.11. The molecule has 0 aliphatic carbocycles. The number of nitrogens with zero attached hydrogens (tertiary/aromatic N) is 2. The van der Waals surface area contributed by atoms with Crippen LogP contribution in [-0.2, 0) is 7.05 Å². The number of aromatic nitrogens is 2. The molecule has 0 saturated carbocycles. The van der Waals surface area contributed by atoms with Crippen molar-refractivity contribution in [3.05, 3.63) is 95.1 Å². The molecule has 0 aliphatic rings. The standard InChI is InChI=1S/C32H35N2/c1-20(2)25-13-10-14-26(21(3)4)30(25)34-31-28-12-9-8-11-24(28)16-18-29(31)33(7)32(34)27-17-15-22(5)19-23(27)6/h8-21H,1-7H3/q+1/i5D3,20D,21D. The maximum atomic E-state index is 9.11. The Balaban J connectivity index is 2.05. The summed E-state index contributed by atoms with van der Waals surface area (Å²) >= 11 is 0. The van der Waals surface area contributed by atoms with E-state index < -0.39 is 18.6 Å². The van der Waals surface area contributed by atoms with Crippen LogP contribution >= 0.6 is 0 Å². The van der Waals surface area contributed by atoms with Crippen LogP contribution < -0.4 is 4.57 Å². The first kappa shape index (κ1) is 17.1. The zero-order valence-electron chi connectivity index (χ0n) is 25.8. The van der Waals surface area contributed by atoms with E-state index in [1.165, 1.54) is 0 Å². The Morgan fingerprint density at radius 1 is 0.853 bits per heavy atom. The SMILES string of the molecule is [2H]C([2H])([2H])c1ccc(-c2n(C)c3ccc4ccccc4c3[n+]2-c2c(C([2H])(C)C)cccc2C([2H])(C)C)c(C)c1. The summed E-state index contributed by atoms with van der Waals surface area (Å²) in [4.78, 5) is 0. The van der Waals surface area contributed by atoms with E-state index in [2.05, 4.69) is 33.4 Å². The number of hydrogen-bond donors (Lipinski definition) is 0. The third-order valence-electron chi connectivity index (χ3n) is 6.80. The van der Waals surface area contributed by atoms with Gasteiger partial charge in [0.2, 0.25) is 0 Å². The number of hydrogen-bond acceptors (Lipinski definition) is 0. The predicted molar refractivity (Wildman–Crippen MR) is 145 cm³/mol. The summed E-state index contributed by atoms with van der Waals surface area (Å²) in [5.74, 6) is -1.00. The molecular weight excluding hydrogens is 412 g/mol. The van der Waals surface area contributed by atoms with E-state index in [9.17, 15) is 0 Å². The van der Waals surface area contributed by atoms with Crippen molar-refractivity contribution in [2.75, 3.05) is 0 Å². The lowest BCUT2D eigenvalue weighted by molar-refractivity contribution is -0.556. The summed E-state index contributed by atoms with van der Waals surface area (Å²) in [7, 11) is 2.03. The van der Waals surface area contributed by atoms with Crippen molar-refractivity contribution >= 4 is 21.8 Å². The molecule has 1 aromatic heterocycles. The van der Waals surface area contributed by atoms with Crippen molar-refractivity contribution < 1.29 is 11.4 Å². The van der Waals surface area contributed by atoms with Gasteiger partial charge >= 0.3 is 0 Å². The zero-order valence-corrected chi connectivity index (χ0v) is 20.8. The molecule has 0 aliphatic heterocycles. The Labute approximate surface area is 210 Å². The van der Waals surface area contributed by atoms with Gasteiger partial charge in [-0.05, 0) is 60.8 Å². The topological polar surface area (TPSA) is 8.81 Å². The fraction of sp³-hybridized carbons (Fsp3) is 0.281. The molecule has 0 spiro atoms. The summed E-state index contributed by atoms with van der Waals surface area (Å²) in [6, 6.07) is 23.7. The van der Waals surface area contributed by atoms with Crippen LogP contribution in [-0.4, -0.2) is 4.57 Å². The molecule has 0 saturated heterocycles. The van der Waals surface area contributed by atoms with Crippen molar-refractivity contribution in [3.63, 3.8) is 0 Å². The monoisotopic (exact) mass is 452 g/mol. The Kier molecular flexibility index (Phi) is 4.24. The summed E-state index contributed by atoms with van der Waals surface area (Å²) in [5, 5.41) is 2.17. The van der Waals surface area contributed by atoms with Crippen LogP contribution in [0.3, 0.4) is 0 Å². The minimum absolute atomic E-state index is 0.306. The molecule has 0 amide bonds. The maximum Gasteiger partial charge on any atom is 0.295 e. The first-order chi connectivity index (χ1) is 18.1. The second kappa shape index (κ2) is 8.43. The average Bonchev–Trinajstić information content (AvgIpc) is 3.14. The van der Waals surface area contributed by atoms with E-state index in [0.717, 1.165) is 55.6 Å². The van der Waals surface area contributed by atoms with Gasteiger partial charge in [-0.3, -0.25) is 0 Å². The quantitative estimate of drug-likeness (QED) is 0.243. The first-order valence-electron chi connectivity index (χ1n) is 14.3. The highest BCUT2D eigenvalue weighted by Gasteiger charge is 2.32. The lowest BCUT2D eigenvalue weighted by Gasteiger charge is -2.19. The van der Waals surface area contributed by atoms with Gasteiger partial charge in [0.15, 0.2) is 11.0 Å². The molecule has 1 heterocycles. The van der Waals surface area contributed by atoms with E-state index in [4.69, 9.17) is 6.85 Å². The second-order valence-electron chi connectivity index (χ2n) is 9.60. The van der Waals surface area contributed by atoms with Crippen LogP contribution in [0.4, 0.5) is 0 Å². The van der Waals surface area contributed by atoms with Crippen LogP contribution in [0.15, 0.2) is 72.8 Å². The number of imidazole rings is 1. The Morgan fingerprint density at radius 2 is 1.56 bits per heavy atom.